The van der Waals surface area contributed by atoms with E-state index in [2.05, 4.69) is 17.4 Å². The molecule has 0 unspecified atom stereocenters. The van der Waals surface area contributed by atoms with E-state index in [0.29, 0.717) is 5.75 Å². The Morgan fingerprint density at radius 2 is 1.95 bits per heavy atom. The van der Waals surface area contributed by atoms with E-state index in [9.17, 15) is 9.59 Å². The number of benzene rings is 1. The standard InChI is InChI=1S/C15H20N4O3/c1-17-6-8-19(9-7-17)16-14(20)10-18-11-15(21)22-13-5-3-2-4-12(13)18/h2-5H,6-11H2,1H3,(H,16,20). The van der Waals surface area contributed by atoms with E-state index in [1.165, 1.54) is 0 Å². The average Bonchev–Trinajstić information content (AvgIpc) is 2.49. The first kappa shape index (κ1) is 14.8. The number of esters is 1. The zero-order valence-electron chi connectivity index (χ0n) is 12.6. The maximum atomic E-state index is 12.2. The molecule has 0 atom stereocenters. The predicted molar refractivity (Wildman–Crippen MR) is 81.5 cm³/mol. The summed E-state index contributed by atoms with van der Waals surface area (Å²) in [6.07, 6.45) is 0. The molecule has 1 aromatic rings. The number of ether oxygens (including phenoxy) is 1. The molecule has 1 aromatic carbocycles. The van der Waals surface area contributed by atoms with Crippen LogP contribution < -0.4 is 15.1 Å². The molecular weight excluding hydrogens is 284 g/mol. The summed E-state index contributed by atoms with van der Waals surface area (Å²) in [5.74, 6) is 0.0475. The first-order chi connectivity index (χ1) is 10.6. The Kier molecular flexibility index (Phi) is 4.26. The highest BCUT2D eigenvalue weighted by Gasteiger charge is 2.26. The third-order valence-electron chi connectivity index (χ3n) is 3.87. The quantitative estimate of drug-likeness (QED) is 0.610. The topological polar surface area (TPSA) is 65.1 Å². The van der Waals surface area contributed by atoms with Crippen molar-refractivity contribution in [2.24, 2.45) is 0 Å². The zero-order chi connectivity index (χ0) is 15.5. The smallest absolute Gasteiger partial charge is 0.331 e. The van der Waals surface area contributed by atoms with E-state index < -0.39 is 0 Å². The number of rotatable bonds is 3. The van der Waals surface area contributed by atoms with Crippen molar-refractivity contribution in [3.8, 4) is 5.75 Å². The van der Waals surface area contributed by atoms with Gasteiger partial charge in [-0.25, -0.2) is 9.80 Å². The molecule has 1 N–H and O–H groups in total. The molecule has 3 rings (SSSR count). The first-order valence-electron chi connectivity index (χ1n) is 7.39. The van der Waals surface area contributed by atoms with Crippen LogP contribution in [0.25, 0.3) is 0 Å². The third-order valence-corrected chi connectivity index (χ3v) is 3.87. The Morgan fingerprint density at radius 1 is 1.23 bits per heavy atom. The van der Waals surface area contributed by atoms with E-state index in [1.807, 2.05) is 17.1 Å². The van der Waals surface area contributed by atoms with E-state index in [-0.39, 0.29) is 25.0 Å². The van der Waals surface area contributed by atoms with Crippen LogP contribution in [0.5, 0.6) is 5.75 Å². The summed E-state index contributed by atoms with van der Waals surface area (Å²) in [6, 6.07) is 7.26. The summed E-state index contributed by atoms with van der Waals surface area (Å²) in [7, 11) is 2.06. The van der Waals surface area contributed by atoms with Gasteiger partial charge < -0.3 is 14.5 Å². The van der Waals surface area contributed by atoms with Crippen LogP contribution in [0.3, 0.4) is 0 Å². The SMILES string of the molecule is CN1CCN(NC(=O)CN2CC(=O)Oc3ccccc32)CC1. The van der Waals surface area contributed by atoms with Crippen molar-refractivity contribution in [3.05, 3.63) is 24.3 Å². The second-order valence-corrected chi connectivity index (χ2v) is 5.62. The number of nitrogens with one attached hydrogen (secondary N) is 1. The Bertz CT molecular complexity index is 570. The van der Waals surface area contributed by atoms with Crippen LogP contribution in [0.15, 0.2) is 24.3 Å². The number of hydrogen-bond donors (Lipinski definition) is 1. The van der Waals surface area contributed by atoms with Gasteiger partial charge in [0.2, 0.25) is 0 Å². The van der Waals surface area contributed by atoms with Crippen LogP contribution >= 0.6 is 0 Å². The zero-order valence-corrected chi connectivity index (χ0v) is 12.6. The molecule has 118 valence electrons. The lowest BCUT2D eigenvalue weighted by Gasteiger charge is -2.34. The van der Waals surface area contributed by atoms with Crippen molar-refractivity contribution in [1.82, 2.24) is 15.3 Å². The van der Waals surface area contributed by atoms with Crippen LogP contribution in [0.4, 0.5) is 5.69 Å². The normalized spacial score (nSPS) is 19.5. The molecule has 0 aromatic heterocycles. The minimum Gasteiger partial charge on any atom is -0.423 e. The highest BCUT2D eigenvalue weighted by molar-refractivity contribution is 5.89. The number of hydrogen-bond acceptors (Lipinski definition) is 6. The highest BCUT2D eigenvalue weighted by Crippen LogP contribution is 2.30. The van der Waals surface area contributed by atoms with E-state index >= 15 is 0 Å². The number of carbonyl (C=O) groups is 2. The van der Waals surface area contributed by atoms with Crippen molar-refractivity contribution in [3.63, 3.8) is 0 Å². The number of nitrogens with zero attached hydrogens (tertiary/aromatic N) is 3. The van der Waals surface area contributed by atoms with Gasteiger partial charge in [0.1, 0.15) is 6.54 Å². The number of anilines is 1. The van der Waals surface area contributed by atoms with Gasteiger partial charge >= 0.3 is 5.97 Å². The van der Waals surface area contributed by atoms with Gasteiger partial charge in [-0.05, 0) is 19.2 Å². The molecule has 2 heterocycles. The minimum absolute atomic E-state index is 0.0904. The number of hydrazine groups is 1. The Morgan fingerprint density at radius 3 is 2.73 bits per heavy atom. The molecule has 0 spiro atoms. The molecule has 0 aliphatic carbocycles. The van der Waals surface area contributed by atoms with Gasteiger partial charge in [0, 0.05) is 26.2 Å². The summed E-state index contributed by atoms with van der Waals surface area (Å²) < 4.78 is 5.18. The molecule has 1 fully saturated rings. The Hall–Kier alpha value is -2.12. The fourth-order valence-corrected chi connectivity index (χ4v) is 2.65. The lowest BCUT2D eigenvalue weighted by atomic mass is 10.2. The van der Waals surface area contributed by atoms with Gasteiger partial charge in [0.05, 0.1) is 12.2 Å². The molecule has 2 aliphatic heterocycles. The molecule has 0 bridgehead atoms. The fraction of sp³-hybridized carbons (Fsp3) is 0.467. The Balaban J connectivity index is 1.61. The van der Waals surface area contributed by atoms with E-state index in [1.54, 1.807) is 17.0 Å². The number of para-hydroxylation sites is 2. The van der Waals surface area contributed by atoms with Gasteiger partial charge in [0.25, 0.3) is 5.91 Å². The summed E-state index contributed by atoms with van der Waals surface area (Å²) >= 11 is 0. The van der Waals surface area contributed by atoms with Crippen molar-refractivity contribution < 1.29 is 14.3 Å². The molecule has 0 saturated carbocycles. The number of amides is 1. The maximum Gasteiger partial charge on any atom is 0.331 e. The van der Waals surface area contributed by atoms with Gasteiger partial charge in [-0.1, -0.05) is 12.1 Å². The van der Waals surface area contributed by atoms with Crippen molar-refractivity contribution in [1.29, 1.82) is 0 Å². The van der Waals surface area contributed by atoms with Crippen LogP contribution in [0.1, 0.15) is 0 Å². The summed E-state index contributed by atoms with van der Waals surface area (Å²) in [4.78, 5) is 27.8. The second kappa shape index (κ2) is 6.33. The lowest BCUT2D eigenvalue weighted by molar-refractivity contribution is -0.133. The monoisotopic (exact) mass is 304 g/mol. The second-order valence-electron chi connectivity index (χ2n) is 5.62. The predicted octanol–water partition coefficient (Wildman–Crippen LogP) is -0.309. The molecule has 7 nitrogen and oxygen atoms in total. The van der Waals surface area contributed by atoms with Crippen LogP contribution in [0, 0.1) is 0 Å². The molecule has 2 aliphatic rings. The lowest BCUT2D eigenvalue weighted by Crippen LogP contribution is -2.54. The van der Waals surface area contributed by atoms with Crippen LogP contribution in [-0.2, 0) is 9.59 Å². The summed E-state index contributed by atoms with van der Waals surface area (Å²) in [6.45, 7) is 3.70. The number of fused-ring (bicyclic) bond motifs is 1. The Labute approximate surface area is 129 Å². The van der Waals surface area contributed by atoms with Gasteiger partial charge in [-0.15, -0.1) is 0 Å². The van der Waals surface area contributed by atoms with Gasteiger partial charge in [-0.2, -0.15) is 0 Å². The highest BCUT2D eigenvalue weighted by atomic mass is 16.5. The molecule has 1 saturated heterocycles. The van der Waals surface area contributed by atoms with Crippen molar-refractivity contribution in [2.45, 2.75) is 0 Å². The van der Waals surface area contributed by atoms with Crippen molar-refractivity contribution in [2.75, 3.05) is 51.2 Å². The van der Waals surface area contributed by atoms with E-state index in [0.717, 1.165) is 31.9 Å². The number of likely N-dealkylation sites (N-methyl/N-ethyl adjacent to an activating group) is 1. The van der Waals surface area contributed by atoms with Crippen LogP contribution in [0.2, 0.25) is 0 Å². The van der Waals surface area contributed by atoms with Gasteiger partial charge in [-0.3, -0.25) is 10.2 Å². The summed E-state index contributed by atoms with van der Waals surface area (Å²) in [5, 5.41) is 1.93. The summed E-state index contributed by atoms with van der Waals surface area (Å²) in [5.41, 5.74) is 3.68. The van der Waals surface area contributed by atoms with Gasteiger partial charge in [0.15, 0.2) is 5.75 Å². The molecule has 7 heteroatoms. The first-order valence-corrected chi connectivity index (χ1v) is 7.39. The molecule has 0 radical (unpaired) electrons. The third kappa shape index (κ3) is 3.37. The average molecular weight is 304 g/mol. The maximum absolute atomic E-state index is 12.2. The molecule has 22 heavy (non-hydrogen) atoms. The number of piperazine rings is 1. The van der Waals surface area contributed by atoms with Crippen molar-refractivity contribution >= 4 is 17.6 Å². The fourth-order valence-electron chi connectivity index (χ4n) is 2.65. The largest absolute Gasteiger partial charge is 0.423 e. The molecule has 1 amide bonds. The minimum atomic E-state index is -0.342. The van der Waals surface area contributed by atoms with E-state index in [4.69, 9.17) is 4.74 Å². The van der Waals surface area contributed by atoms with Crippen LogP contribution in [-0.4, -0.2) is 68.1 Å². The molecular formula is C15H20N4O3. The number of carbonyl (C=O) groups excluding carboxylic acids is 2.